The van der Waals surface area contributed by atoms with Crippen LogP contribution in [0.5, 0.6) is 0 Å². The van der Waals surface area contributed by atoms with Gasteiger partial charge in [-0.3, -0.25) is 29.3 Å². The summed E-state index contributed by atoms with van der Waals surface area (Å²) in [6.07, 6.45) is 5.83. The molecule has 3 saturated heterocycles. The molecule has 5 heterocycles. The van der Waals surface area contributed by atoms with Crippen molar-refractivity contribution in [1.29, 1.82) is 0 Å². The molecule has 3 aliphatic heterocycles. The number of ether oxygens (including phenoxy) is 5. The zero-order valence-corrected chi connectivity index (χ0v) is 44.4. The fourth-order valence-corrected chi connectivity index (χ4v) is 10.1. The number of carbonyl (C=O) groups excluding carboxylic acids is 5. The lowest BCUT2D eigenvalue weighted by atomic mass is 9.73. The molecular formula is C51H68ClN11O11S. The molecule has 1 spiro atoms. The molecule has 24 heteroatoms. The van der Waals surface area contributed by atoms with Crippen molar-refractivity contribution in [2.75, 3.05) is 93.7 Å². The number of amides is 5. The standard InChI is InChI=1S/C51H68ClN11O11S/c1-32-44(61-49(69)74-50(2,3)4)51(31-73-32)16-20-62(21-17-51)39-30-56-47(45(53)59-39)75-38-9-5-8-36(43(38)52)58-41(65)15-14-40(64)55-19-7-23-71-25-27-72-26-24-70-22-6-18-54-34-11-10-33-29-57-63(48(68)35(33)28-34)37-12-13-42(66)60-46(37)67/h5,8-11,28-30,32,37,44,54H,6-7,12-27,31H2,1-4H3,(H2,53,59)(H,55,64)(H,58,65)(H,61,69)(H,60,66,67)/t32-,37?,44+/m0/s1. The summed E-state index contributed by atoms with van der Waals surface area (Å²) < 4.78 is 29.6. The van der Waals surface area contributed by atoms with Crippen LogP contribution in [-0.2, 0) is 42.9 Å². The summed E-state index contributed by atoms with van der Waals surface area (Å²) >= 11 is 7.97. The maximum Gasteiger partial charge on any atom is 0.407 e. The second kappa shape index (κ2) is 26.6. The quantitative estimate of drug-likeness (QED) is 0.0387. The van der Waals surface area contributed by atoms with Gasteiger partial charge in [0.2, 0.25) is 17.7 Å². The van der Waals surface area contributed by atoms with E-state index in [9.17, 15) is 28.8 Å². The Kier molecular flexibility index (Phi) is 20.1. The SMILES string of the molecule is C[C@@H]1OCC2(CCN(c3cnc(Sc4cccc(NC(=O)CCC(=O)NCCCOCCOCCOCCCNc5ccc6cnn(C7CCC(=O)NC7=O)c(=O)c6c5)c4Cl)c(N)n3)CC2)[C@@H]1NC(=O)OC(C)(C)C. The Hall–Kier alpha value is -6.11. The van der Waals surface area contributed by atoms with Crippen molar-refractivity contribution in [3.05, 3.63) is 64.2 Å². The molecule has 5 amide bonds. The topological polar surface area (TPSA) is 282 Å². The minimum Gasteiger partial charge on any atom is -0.444 e. The Morgan fingerprint density at radius 3 is 2.36 bits per heavy atom. The number of benzene rings is 2. The molecule has 1 unspecified atom stereocenters. The van der Waals surface area contributed by atoms with Gasteiger partial charge in [0.15, 0.2) is 5.82 Å². The molecule has 0 saturated carbocycles. The van der Waals surface area contributed by atoms with E-state index in [4.69, 9.17) is 41.0 Å². The molecule has 22 nitrogen and oxygen atoms in total. The van der Waals surface area contributed by atoms with E-state index in [2.05, 4.69) is 46.6 Å². The first-order valence-electron chi connectivity index (χ1n) is 25.3. The van der Waals surface area contributed by atoms with Gasteiger partial charge in [-0.15, -0.1) is 0 Å². The van der Waals surface area contributed by atoms with Gasteiger partial charge in [-0.2, -0.15) is 5.10 Å². The lowest BCUT2D eigenvalue weighted by molar-refractivity contribution is -0.136. The van der Waals surface area contributed by atoms with E-state index in [0.717, 1.165) is 29.6 Å². The molecule has 2 aromatic heterocycles. The Balaban J connectivity index is 0.706. The second-order valence-electron chi connectivity index (χ2n) is 19.7. The Morgan fingerprint density at radius 1 is 0.947 bits per heavy atom. The highest BCUT2D eigenvalue weighted by atomic mass is 35.5. The Morgan fingerprint density at radius 2 is 1.65 bits per heavy atom. The number of aromatic nitrogens is 4. The molecule has 7 rings (SSSR count). The van der Waals surface area contributed by atoms with Crippen LogP contribution < -0.4 is 42.8 Å². The molecule has 3 fully saturated rings. The number of hydrogen-bond donors (Lipinski definition) is 6. The van der Waals surface area contributed by atoms with Crippen molar-refractivity contribution >= 4 is 86.9 Å². The van der Waals surface area contributed by atoms with Gasteiger partial charge in [0.05, 0.1) is 73.7 Å². The number of halogens is 1. The number of imide groups is 1. The maximum absolute atomic E-state index is 13.2. The smallest absolute Gasteiger partial charge is 0.407 e. The van der Waals surface area contributed by atoms with Crippen LogP contribution >= 0.6 is 23.4 Å². The van der Waals surface area contributed by atoms with Crippen molar-refractivity contribution < 1.29 is 47.7 Å². The highest BCUT2D eigenvalue weighted by molar-refractivity contribution is 7.99. The van der Waals surface area contributed by atoms with E-state index in [1.165, 1.54) is 11.8 Å². The second-order valence-corrected chi connectivity index (χ2v) is 21.1. The fraction of sp³-hybridized carbons (Fsp3) is 0.549. The van der Waals surface area contributed by atoms with E-state index < -0.39 is 29.2 Å². The minimum absolute atomic E-state index is 0.000356. The zero-order valence-electron chi connectivity index (χ0n) is 42.9. The monoisotopic (exact) mass is 1080 g/mol. The van der Waals surface area contributed by atoms with Crippen molar-refractivity contribution in [2.45, 2.75) is 113 Å². The molecule has 7 N–H and O–H groups in total. The number of rotatable bonds is 24. The minimum atomic E-state index is -0.825. The number of fused-ring (bicyclic) bond motifs is 1. The number of nitrogens with zero attached hydrogens (tertiary/aromatic N) is 5. The van der Waals surface area contributed by atoms with Gasteiger partial charge in [0, 0.05) is 80.0 Å². The molecule has 2 aromatic carbocycles. The molecule has 0 aliphatic carbocycles. The van der Waals surface area contributed by atoms with Gasteiger partial charge in [-0.25, -0.2) is 19.4 Å². The normalized spacial score (nSPS) is 18.5. The van der Waals surface area contributed by atoms with E-state index in [1.807, 2.05) is 33.8 Å². The van der Waals surface area contributed by atoms with Crippen LogP contribution in [0.15, 0.2) is 63.5 Å². The summed E-state index contributed by atoms with van der Waals surface area (Å²) in [4.78, 5) is 87.0. The first-order valence-corrected chi connectivity index (χ1v) is 26.5. The average Bonchev–Trinajstić information content (AvgIpc) is 3.66. The van der Waals surface area contributed by atoms with Crippen LogP contribution in [0.2, 0.25) is 5.02 Å². The zero-order chi connectivity index (χ0) is 53.5. The van der Waals surface area contributed by atoms with Gasteiger partial charge in [-0.1, -0.05) is 35.5 Å². The summed E-state index contributed by atoms with van der Waals surface area (Å²) in [5.41, 5.74) is 6.35. The first kappa shape index (κ1) is 56.6. The number of carbonyl (C=O) groups is 5. The van der Waals surface area contributed by atoms with Crippen LogP contribution in [-0.4, -0.2) is 140 Å². The van der Waals surface area contributed by atoms with E-state index in [-0.39, 0.29) is 66.8 Å². The van der Waals surface area contributed by atoms with Gasteiger partial charge in [0.1, 0.15) is 22.5 Å². The van der Waals surface area contributed by atoms with Crippen molar-refractivity contribution in [3.8, 4) is 0 Å². The highest BCUT2D eigenvalue weighted by Gasteiger charge is 2.50. The summed E-state index contributed by atoms with van der Waals surface area (Å²) in [6, 6.07) is 9.61. The van der Waals surface area contributed by atoms with Crippen LogP contribution in [0, 0.1) is 5.41 Å². The summed E-state index contributed by atoms with van der Waals surface area (Å²) in [7, 11) is 0. The highest BCUT2D eigenvalue weighted by Crippen LogP contribution is 2.44. The molecule has 0 bridgehead atoms. The molecule has 0 radical (unpaired) electrons. The molecule has 406 valence electrons. The van der Waals surface area contributed by atoms with E-state index in [1.54, 1.807) is 42.7 Å². The summed E-state index contributed by atoms with van der Waals surface area (Å²) in [6.45, 7) is 13.0. The number of anilines is 4. The first-order chi connectivity index (χ1) is 36.0. The molecule has 75 heavy (non-hydrogen) atoms. The third kappa shape index (κ3) is 16.0. The van der Waals surface area contributed by atoms with Crippen LogP contribution in [0.1, 0.15) is 85.1 Å². The predicted octanol–water partition coefficient (Wildman–Crippen LogP) is 5.23. The lowest BCUT2D eigenvalue weighted by Crippen LogP contribution is -2.55. The fourth-order valence-electron chi connectivity index (χ4n) is 9.01. The van der Waals surface area contributed by atoms with Gasteiger partial charge < -0.3 is 55.6 Å². The van der Waals surface area contributed by atoms with E-state index in [0.29, 0.717) is 116 Å². The Bertz CT molecular complexity index is 2720. The van der Waals surface area contributed by atoms with Gasteiger partial charge in [0.25, 0.3) is 11.5 Å². The number of alkyl carbamates (subject to hydrolysis) is 1. The molecule has 3 aliphatic rings. The van der Waals surface area contributed by atoms with Crippen LogP contribution in [0.25, 0.3) is 10.8 Å². The molecule has 3 atom stereocenters. The van der Waals surface area contributed by atoms with Gasteiger partial charge in [-0.05, 0) is 84.1 Å². The lowest BCUT2D eigenvalue weighted by Gasteiger charge is -2.43. The van der Waals surface area contributed by atoms with E-state index >= 15 is 0 Å². The van der Waals surface area contributed by atoms with Gasteiger partial charge >= 0.3 is 6.09 Å². The summed E-state index contributed by atoms with van der Waals surface area (Å²) in [5, 5.41) is 20.3. The summed E-state index contributed by atoms with van der Waals surface area (Å²) in [5.74, 6) is -0.618. The predicted molar refractivity (Wildman–Crippen MR) is 283 cm³/mol. The maximum atomic E-state index is 13.2. The third-order valence-electron chi connectivity index (χ3n) is 12.9. The number of nitrogen functional groups attached to an aromatic ring is 1. The largest absolute Gasteiger partial charge is 0.444 e. The van der Waals surface area contributed by atoms with Crippen LogP contribution in [0.3, 0.4) is 0 Å². The molecular weight excluding hydrogens is 1010 g/mol. The van der Waals surface area contributed by atoms with Crippen molar-refractivity contribution in [2.24, 2.45) is 5.41 Å². The number of nitrogens with two attached hydrogens (primary N) is 1. The van der Waals surface area contributed by atoms with Crippen LogP contribution in [0.4, 0.5) is 27.8 Å². The number of piperidine rings is 2. The van der Waals surface area contributed by atoms with Crippen molar-refractivity contribution in [3.63, 3.8) is 0 Å². The Labute approximate surface area is 444 Å². The number of hydrogen-bond acceptors (Lipinski definition) is 18. The van der Waals surface area contributed by atoms with Crippen molar-refractivity contribution in [1.82, 2.24) is 35.7 Å². The average molecular weight is 1080 g/mol. The number of nitrogens with one attached hydrogen (secondary N) is 5. The third-order valence-corrected chi connectivity index (χ3v) is 14.5. The molecule has 4 aromatic rings.